The summed E-state index contributed by atoms with van der Waals surface area (Å²) in [6.07, 6.45) is 3.95. The molecule has 1 aliphatic rings. The van der Waals surface area contributed by atoms with Crippen LogP contribution in [-0.4, -0.2) is 18.4 Å². The van der Waals surface area contributed by atoms with Crippen molar-refractivity contribution in [2.75, 3.05) is 12.3 Å². The van der Waals surface area contributed by atoms with Crippen molar-refractivity contribution in [2.24, 2.45) is 0 Å². The van der Waals surface area contributed by atoms with Crippen LogP contribution >= 0.6 is 11.6 Å². The number of nitrogen functional groups attached to an aromatic ring is 1. The van der Waals surface area contributed by atoms with Gasteiger partial charge in [0.25, 0.3) is 5.91 Å². The maximum Gasteiger partial charge on any atom is 0.251 e. The molecule has 5 nitrogen and oxygen atoms in total. The monoisotopic (exact) mass is 385 g/mol. The van der Waals surface area contributed by atoms with E-state index in [1.807, 2.05) is 18.2 Å². The molecule has 2 aromatic rings. The summed E-state index contributed by atoms with van der Waals surface area (Å²) in [6.45, 7) is 0.451. The average molecular weight is 386 g/mol. The highest BCUT2D eigenvalue weighted by Crippen LogP contribution is 2.31. The first-order valence-corrected chi connectivity index (χ1v) is 9.62. The third-order valence-electron chi connectivity index (χ3n) is 4.79. The van der Waals surface area contributed by atoms with E-state index in [2.05, 4.69) is 10.6 Å². The molecule has 3 rings (SSSR count). The molecule has 6 heteroatoms. The molecule has 0 aromatic heterocycles. The number of carbonyl (C=O) groups excluding carboxylic acids is 2. The second kappa shape index (κ2) is 8.91. The van der Waals surface area contributed by atoms with Crippen LogP contribution in [0.3, 0.4) is 0 Å². The number of hydrogen-bond acceptors (Lipinski definition) is 3. The molecule has 0 fully saturated rings. The second-order valence-corrected chi connectivity index (χ2v) is 7.27. The minimum atomic E-state index is -0.161. The number of benzene rings is 2. The molecule has 0 spiro atoms. The van der Waals surface area contributed by atoms with Gasteiger partial charge in [-0.15, -0.1) is 0 Å². The number of aryl methyl sites for hydroxylation is 1. The summed E-state index contributed by atoms with van der Waals surface area (Å²) in [7, 11) is 0. The number of amides is 2. The predicted octanol–water partition coefficient (Wildman–Crippen LogP) is 3.63. The van der Waals surface area contributed by atoms with Crippen molar-refractivity contribution in [1.82, 2.24) is 10.6 Å². The van der Waals surface area contributed by atoms with Gasteiger partial charge in [0.15, 0.2) is 0 Å². The fourth-order valence-electron chi connectivity index (χ4n) is 3.40. The Bertz CT molecular complexity index is 821. The van der Waals surface area contributed by atoms with E-state index in [1.54, 1.807) is 24.3 Å². The van der Waals surface area contributed by atoms with Gasteiger partial charge in [-0.25, -0.2) is 0 Å². The fraction of sp³-hybridized carbons (Fsp3) is 0.333. The minimum Gasteiger partial charge on any atom is -0.399 e. The van der Waals surface area contributed by atoms with E-state index in [4.69, 9.17) is 17.3 Å². The van der Waals surface area contributed by atoms with Crippen LogP contribution in [0.1, 0.15) is 53.2 Å². The molecule has 0 radical (unpaired) electrons. The molecule has 142 valence electrons. The Hall–Kier alpha value is -2.53. The van der Waals surface area contributed by atoms with Gasteiger partial charge < -0.3 is 16.4 Å². The zero-order valence-electron chi connectivity index (χ0n) is 15.1. The lowest BCUT2D eigenvalue weighted by Gasteiger charge is -2.26. The number of carbonyl (C=O) groups is 2. The molecular weight excluding hydrogens is 362 g/mol. The Morgan fingerprint density at radius 2 is 1.93 bits per heavy atom. The number of hydrogen-bond donors (Lipinski definition) is 3. The SMILES string of the molecule is Nc1ccc2c(c1)CCCC2NC(=O)CCCNC(=O)c1ccc(Cl)cc1. The van der Waals surface area contributed by atoms with Crippen LogP contribution in [0.2, 0.25) is 5.02 Å². The summed E-state index contributed by atoms with van der Waals surface area (Å²) in [5.74, 6) is -0.156. The molecule has 1 unspecified atom stereocenters. The van der Waals surface area contributed by atoms with Gasteiger partial charge in [-0.3, -0.25) is 9.59 Å². The van der Waals surface area contributed by atoms with Crippen LogP contribution in [0.5, 0.6) is 0 Å². The summed E-state index contributed by atoms with van der Waals surface area (Å²) in [5.41, 5.74) is 9.56. The standard InChI is InChI=1S/C21H24ClN3O2/c22-16-8-6-14(7-9-16)21(27)24-12-2-5-20(26)25-19-4-1-3-15-13-17(23)10-11-18(15)19/h6-11,13,19H,1-5,12,23H2,(H,24,27)(H,25,26). The fourth-order valence-corrected chi connectivity index (χ4v) is 3.53. The molecule has 2 aromatic carbocycles. The highest BCUT2D eigenvalue weighted by Gasteiger charge is 2.21. The molecule has 1 atom stereocenters. The lowest BCUT2D eigenvalue weighted by atomic mass is 9.87. The van der Waals surface area contributed by atoms with E-state index >= 15 is 0 Å². The van der Waals surface area contributed by atoms with Crippen LogP contribution in [0, 0.1) is 0 Å². The van der Waals surface area contributed by atoms with Crippen LogP contribution in [0.25, 0.3) is 0 Å². The smallest absolute Gasteiger partial charge is 0.251 e. The summed E-state index contributed by atoms with van der Waals surface area (Å²) in [5, 5.41) is 6.53. The molecule has 2 amide bonds. The number of nitrogens with one attached hydrogen (secondary N) is 2. The third-order valence-corrected chi connectivity index (χ3v) is 5.04. The summed E-state index contributed by atoms with van der Waals surface area (Å²) in [6, 6.07) is 12.7. The lowest BCUT2D eigenvalue weighted by Crippen LogP contribution is -2.32. The van der Waals surface area contributed by atoms with Crippen molar-refractivity contribution in [1.29, 1.82) is 0 Å². The maximum absolute atomic E-state index is 12.3. The highest BCUT2D eigenvalue weighted by molar-refractivity contribution is 6.30. The van der Waals surface area contributed by atoms with Gasteiger partial charge in [0.1, 0.15) is 0 Å². The lowest BCUT2D eigenvalue weighted by molar-refractivity contribution is -0.122. The highest BCUT2D eigenvalue weighted by atomic mass is 35.5. The van der Waals surface area contributed by atoms with E-state index in [1.165, 1.54) is 11.1 Å². The number of fused-ring (bicyclic) bond motifs is 1. The van der Waals surface area contributed by atoms with E-state index in [-0.39, 0.29) is 17.9 Å². The van der Waals surface area contributed by atoms with Crippen molar-refractivity contribution in [3.63, 3.8) is 0 Å². The number of anilines is 1. The van der Waals surface area contributed by atoms with Crippen molar-refractivity contribution in [3.05, 3.63) is 64.2 Å². The Morgan fingerprint density at radius 3 is 2.70 bits per heavy atom. The Morgan fingerprint density at radius 1 is 1.15 bits per heavy atom. The van der Waals surface area contributed by atoms with Crippen LogP contribution in [0.4, 0.5) is 5.69 Å². The summed E-state index contributed by atoms with van der Waals surface area (Å²) < 4.78 is 0. The summed E-state index contributed by atoms with van der Waals surface area (Å²) in [4.78, 5) is 24.3. The zero-order valence-corrected chi connectivity index (χ0v) is 15.9. The first-order valence-electron chi connectivity index (χ1n) is 9.24. The van der Waals surface area contributed by atoms with E-state index in [9.17, 15) is 9.59 Å². The number of nitrogens with two attached hydrogens (primary N) is 1. The quantitative estimate of drug-likeness (QED) is 0.524. The Kier molecular flexibility index (Phi) is 6.35. The third kappa shape index (κ3) is 5.23. The molecule has 0 bridgehead atoms. The van der Waals surface area contributed by atoms with E-state index in [0.717, 1.165) is 24.9 Å². The predicted molar refractivity (Wildman–Crippen MR) is 108 cm³/mol. The van der Waals surface area contributed by atoms with Gasteiger partial charge in [-0.2, -0.15) is 0 Å². The first-order chi connectivity index (χ1) is 13.0. The topological polar surface area (TPSA) is 84.2 Å². The molecule has 4 N–H and O–H groups in total. The second-order valence-electron chi connectivity index (χ2n) is 6.84. The number of halogens is 1. The van der Waals surface area contributed by atoms with Gasteiger partial charge in [-0.1, -0.05) is 17.7 Å². The Labute approximate surface area is 164 Å². The van der Waals surface area contributed by atoms with Crippen molar-refractivity contribution < 1.29 is 9.59 Å². The minimum absolute atomic E-state index is 0.00502. The molecule has 0 saturated carbocycles. The summed E-state index contributed by atoms with van der Waals surface area (Å²) >= 11 is 5.81. The van der Waals surface area contributed by atoms with Crippen molar-refractivity contribution in [2.45, 2.75) is 38.1 Å². The van der Waals surface area contributed by atoms with Crippen molar-refractivity contribution >= 4 is 29.1 Å². The normalized spacial score (nSPS) is 15.7. The molecule has 0 aliphatic heterocycles. The van der Waals surface area contributed by atoms with Gasteiger partial charge in [0.05, 0.1) is 6.04 Å². The molecule has 27 heavy (non-hydrogen) atoms. The molecule has 0 heterocycles. The van der Waals surface area contributed by atoms with Gasteiger partial charge in [-0.05, 0) is 73.2 Å². The first kappa shape index (κ1) is 19.2. The van der Waals surface area contributed by atoms with Crippen molar-refractivity contribution in [3.8, 4) is 0 Å². The van der Waals surface area contributed by atoms with E-state index < -0.39 is 0 Å². The average Bonchev–Trinajstić information content (AvgIpc) is 2.65. The van der Waals surface area contributed by atoms with Crippen LogP contribution in [-0.2, 0) is 11.2 Å². The molecule has 0 saturated heterocycles. The zero-order chi connectivity index (χ0) is 19.2. The van der Waals surface area contributed by atoms with Crippen LogP contribution in [0.15, 0.2) is 42.5 Å². The molecular formula is C21H24ClN3O2. The van der Waals surface area contributed by atoms with Gasteiger partial charge in [0, 0.05) is 29.2 Å². The van der Waals surface area contributed by atoms with Gasteiger partial charge >= 0.3 is 0 Å². The van der Waals surface area contributed by atoms with E-state index in [0.29, 0.717) is 30.0 Å². The van der Waals surface area contributed by atoms with Crippen LogP contribution < -0.4 is 16.4 Å². The Balaban J connectivity index is 1.43. The molecule has 1 aliphatic carbocycles. The number of rotatable bonds is 6. The maximum atomic E-state index is 12.3. The largest absolute Gasteiger partial charge is 0.399 e. The van der Waals surface area contributed by atoms with Gasteiger partial charge in [0.2, 0.25) is 5.91 Å².